The van der Waals surface area contributed by atoms with Crippen molar-refractivity contribution in [1.82, 2.24) is 9.88 Å². The summed E-state index contributed by atoms with van der Waals surface area (Å²) in [5.41, 5.74) is 3.30. The van der Waals surface area contributed by atoms with E-state index in [0.29, 0.717) is 25.3 Å². The molecule has 1 amide bonds. The second-order valence-electron chi connectivity index (χ2n) is 8.00. The minimum absolute atomic E-state index is 0.0561. The molecule has 1 unspecified atom stereocenters. The zero-order valence-electron chi connectivity index (χ0n) is 18.4. The lowest BCUT2D eigenvalue weighted by molar-refractivity contribution is -0.131. The zero-order chi connectivity index (χ0) is 21.8. The van der Waals surface area contributed by atoms with Crippen molar-refractivity contribution in [3.8, 4) is 17.1 Å². The highest BCUT2D eigenvalue weighted by atomic mass is 16.5. The smallest absolute Gasteiger partial charge is 0.222 e. The summed E-state index contributed by atoms with van der Waals surface area (Å²) < 4.78 is 12.0. The van der Waals surface area contributed by atoms with E-state index in [9.17, 15) is 4.79 Å². The number of para-hydroxylation sites is 2. The molecule has 0 spiro atoms. The van der Waals surface area contributed by atoms with Gasteiger partial charge in [-0.05, 0) is 26.0 Å². The van der Waals surface area contributed by atoms with Crippen LogP contribution < -0.4 is 9.64 Å². The van der Waals surface area contributed by atoms with Gasteiger partial charge in [-0.15, -0.1) is 0 Å². The van der Waals surface area contributed by atoms with Gasteiger partial charge >= 0.3 is 0 Å². The van der Waals surface area contributed by atoms with Gasteiger partial charge in [0, 0.05) is 32.0 Å². The molecule has 6 nitrogen and oxygen atoms in total. The quantitative estimate of drug-likeness (QED) is 0.571. The molecule has 0 bridgehead atoms. The Kier molecular flexibility index (Phi) is 6.26. The molecule has 1 atom stereocenters. The zero-order valence-corrected chi connectivity index (χ0v) is 18.4. The second kappa shape index (κ2) is 9.25. The number of amides is 1. The minimum atomic E-state index is -0.0568. The van der Waals surface area contributed by atoms with Crippen LogP contribution in [0, 0.1) is 6.92 Å². The number of carbonyl (C=O) groups excluding carboxylic acids is 1. The summed E-state index contributed by atoms with van der Waals surface area (Å²) in [6.45, 7) is 6.40. The third-order valence-electron chi connectivity index (χ3n) is 5.65. The van der Waals surface area contributed by atoms with Gasteiger partial charge in [0.1, 0.15) is 11.9 Å². The van der Waals surface area contributed by atoms with Crippen LogP contribution in [0.3, 0.4) is 0 Å². The number of rotatable bonds is 7. The van der Waals surface area contributed by atoms with Crippen LogP contribution in [-0.2, 0) is 11.2 Å². The van der Waals surface area contributed by atoms with E-state index < -0.39 is 0 Å². The van der Waals surface area contributed by atoms with Crippen molar-refractivity contribution in [1.29, 1.82) is 0 Å². The third kappa shape index (κ3) is 4.90. The van der Waals surface area contributed by atoms with Crippen molar-refractivity contribution in [3.05, 3.63) is 66.2 Å². The third-order valence-corrected chi connectivity index (χ3v) is 5.65. The summed E-state index contributed by atoms with van der Waals surface area (Å²) in [6, 6.07) is 16.2. The predicted octanol–water partition coefficient (Wildman–Crippen LogP) is 4.33. The summed E-state index contributed by atoms with van der Waals surface area (Å²) in [4.78, 5) is 21.1. The number of likely N-dealkylation sites (N-methyl/N-ethyl adjacent to an activating group) is 2. The van der Waals surface area contributed by atoms with Crippen molar-refractivity contribution in [2.24, 2.45) is 0 Å². The number of oxazole rings is 1. The average molecular weight is 420 g/mol. The molecule has 0 saturated carbocycles. The van der Waals surface area contributed by atoms with Gasteiger partial charge in [0.2, 0.25) is 5.91 Å². The highest BCUT2D eigenvalue weighted by Crippen LogP contribution is 2.32. The van der Waals surface area contributed by atoms with Gasteiger partial charge in [0.05, 0.1) is 25.0 Å². The summed E-state index contributed by atoms with van der Waals surface area (Å²) >= 11 is 0. The number of fused-ring (bicyclic) bond motifs is 1. The molecule has 3 aromatic rings. The fourth-order valence-electron chi connectivity index (χ4n) is 3.86. The molecule has 2 aromatic carbocycles. The number of ether oxygens (including phenoxy) is 1. The first-order chi connectivity index (χ1) is 15.0. The number of benzene rings is 2. The Hall–Kier alpha value is -3.28. The van der Waals surface area contributed by atoms with E-state index >= 15 is 0 Å². The normalized spacial score (nSPS) is 15.3. The Bertz CT molecular complexity index is 1030. The van der Waals surface area contributed by atoms with E-state index in [-0.39, 0.29) is 12.0 Å². The number of carbonyl (C=O) groups is 1. The van der Waals surface area contributed by atoms with Crippen LogP contribution in [0.2, 0.25) is 0 Å². The number of hydrogen-bond acceptors (Lipinski definition) is 5. The maximum Gasteiger partial charge on any atom is 0.222 e. The monoisotopic (exact) mass is 419 g/mol. The van der Waals surface area contributed by atoms with E-state index in [2.05, 4.69) is 29.8 Å². The maximum atomic E-state index is 12.7. The van der Waals surface area contributed by atoms with Gasteiger partial charge in [-0.2, -0.15) is 0 Å². The van der Waals surface area contributed by atoms with Crippen LogP contribution in [-0.4, -0.2) is 48.6 Å². The van der Waals surface area contributed by atoms with E-state index in [1.807, 2.05) is 49.5 Å². The highest BCUT2D eigenvalue weighted by Gasteiger charge is 2.26. The van der Waals surface area contributed by atoms with Gasteiger partial charge < -0.3 is 19.0 Å². The molecule has 0 radical (unpaired) electrons. The topological polar surface area (TPSA) is 58.8 Å². The lowest BCUT2D eigenvalue weighted by atomic mass is 10.1. The molecular weight excluding hydrogens is 390 g/mol. The van der Waals surface area contributed by atoms with Gasteiger partial charge in [-0.1, -0.05) is 42.0 Å². The molecule has 0 saturated heterocycles. The molecule has 1 aromatic heterocycles. The van der Waals surface area contributed by atoms with Crippen molar-refractivity contribution >= 4 is 11.6 Å². The van der Waals surface area contributed by atoms with Crippen molar-refractivity contribution in [2.45, 2.75) is 32.8 Å². The maximum absolute atomic E-state index is 12.7. The Labute approximate surface area is 183 Å². The SMILES string of the molecule is CCN1CC(CN(C)C(=O)CCc2ncc(-c3ccc(C)cc3)o2)Oc2ccccc21. The first kappa shape index (κ1) is 21.0. The van der Waals surface area contributed by atoms with Gasteiger partial charge in [0.15, 0.2) is 11.7 Å². The van der Waals surface area contributed by atoms with Crippen LogP contribution >= 0.6 is 0 Å². The molecule has 162 valence electrons. The predicted molar refractivity (Wildman–Crippen MR) is 121 cm³/mol. The molecule has 31 heavy (non-hydrogen) atoms. The molecule has 6 heteroatoms. The highest BCUT2D eigenvalue weighted by molar-refractivity contribution is 5.76. The largest absolute Gasteiger partial charge is 0.485 e. The number of nitrogens with zero attached hydrogens (tertiary/aromatic N) is 3. The lowest BCUT2D eigenvalue weighted by Gasteiger charge is -2.37. The fourth-order valence-corrected chi connectivity index (χ4v) is 3.86. The van der Waals surface area contributed by atoms with Gasteiger partial charge in [-0.25, -0.2) is 4.98 Å². The van der Waals surface area contributed by atoms with Crippen LogP contribution in [0.4, 0.5) is 5.69 Å². The van der Waals surface area contributed by atoms with E-state index in [1.165, 1.54) is 5.56 Å². The van der Waals surface area contributed by atoms with Crippen LogP contribution in [0.25, 0.3) is 11.3 Å². The van der Waals surface area contributed by atoms with Crippen LogP contribution in [0.15, 0.2) is 59.1 Å². The molecule has 1 aliphatic heterocycles. The molecular formula is C25H29N3O3. The first-order valence-corrected chi connectivity index (χ1v) is 10.8. The van der Waals surface area contributed by atoms with Gasteiger partial charge in [0.25, 0.3) is 0 Å². The Balaban J connectivity index is 1.31. The Morgan fingerprint density at radius 2 is 1.97 bits per heavy atom. The molecule has 0 aliphatic carbocycles. The van der Waals surface area contributed by atoms with Crippen molar-refractivity contribution in [2.75, 3.05) is 31.6 Å². The summed E-state index contributed by atoms with van der Waals surface area (Å²) in [6.07, 6.45) is 2.50. The first-order valence-electron chi connectivity index (χ1n) is 10.8. The second-order valence-corrected chi connectivity index (χ2v) is 8.00. The molecule has 1 aliphatic rings. The fraction of sp³-hybridized carbons (Fsp3) is 0.360. The van der Waals surface area contributed by atoms with Crippen LogP contribution in [0.1, 0.15) is 24.8 Å². The van der Waals surface area contributed by atoms with Crippen LogP contribution in [0.5, 0.6) is 5.75 Å². The number of anilines is 1. The average Bonchev–Trinajstić information content (AvgIpc) is 3.26. The number of hydrogen-bond donors (Lipinski definition) is 0. The van der Waals surface area contributed by atoms with E-state index in [4.69, 9.17) is 9.15 Å². The van der Waals surface area contributed by atoms with E-state index in [0.717, 1.165) is 35.9 Å². The molecule has 2 heterocycles. The summed E-state index contributed by atoms with van der Waals surface area (Å²) in [7, 11) is 1.83. The van der Waals surface area contributed by atoms with E-state index in [1.54, 1.807) is 11.1 Å². The Morgan fingerprint density at radius 3 is 2.74 bits per heavy atom. The Morgan fingerprint density at radius 1 is 1.19 bits per heavy atom. The van der Waals surface area contributed by atoms with Gasteiger partial charge in [-0.3, -0.25) is 4.79 Å². The summed E-state index contributed by atoms with van der Waals surface area (Å²) in [5, 5.41) is 0. The summed E-state index contributed by atoms with van der Waals surface area (Å²) in [5.74, 6) is 2.24. The number of aryl methyl sites for hydroxylation is 2. The number of aromatic nitrogens is 1. The van der Waals surface area contributed by atoms with Crippen molar-refractivity contribution < 1.29 is 13.9 Å². The standard InChI is InChI=1S/C25H29N3O3/c1-4-28-17-20(30-22-8-6-5-7-21(22)28)16-27(3)25(29)14-13-24-26-15-23(31-24)19-11-9-18(2)10-12-19/h5-12,15,20H,4,13-14,16-17H2,1-3H3. The van der Waals surface area contributed by atoms with Crippen molar-refractivity contribution in [3.63, 3.8) is 0 Å². The lowest BCUT2D eigenvalue weighted by Crippen LogP contribution is -2.46. The minimum Gasteiger partial charge on any atom is -0.485 e. The molecule has 0 N–H and O–H groups in total. The molecule has 0 fully saturated rings. The molecule has 4 rings (SSSR count).